The minimum absolute atomic E-state index is 0.118. The number of amides is 2. The lowest BCUT2D eigenvalue weighted by molar-refractivity contribution is 0.230. The predicted octanol–water partition coefficient (Wildman–Crippen LogP) is 2.26. The van der Waals surface area contributed by atoms with Gasteiger partial charge in [-0.1, -0.05) is 43.2 Å². The molecule has 1 saturated carbocycles. The summed E-state index contributed by atoms with van der Waals surface area (Å²) in [6.45, 7) is 0.509. The number of urea groups is 1. The normalized spacial score (nSPS) is 16.4. The second kappa shape index (κ2) is 7.06. The molecule has 2 amide bonds. The largest absolute Gasteiger partial charge is 0.335 e. The number of hydrogen-bond acceptors (Lipinski definition) is 3. The van der Waals surface area contributed by atoms with Gasteiger partial charge < -0.3 is 10.6 Å². The fraction of sp³-hybridized carbons (Fsp3) is 0.438. The van der Waals surface area contributed by atoms with E-state index < -0.39 is 0 Å². The molecule has 3 rings (SSSR count). The molecular weight excluding hydrogens is 278 g/mol. The Balaban J connectivity index is 1.66. The second-order valence-corrected chi connectivity index (χ2v) is 5.65. The van der Waals surface area contributed by atoms with Gasteiger partial charge in [0.2, 0.25) is 0 Å². The monoisotopic (exact) mass is 299 g/mol. The number of carbonyl (C=O) groups is 1. The summed E-state index contributed by atoms with van der Waals surface area (Å²) in [4.78, 5) is 13.8. The zero-order valence-electron chi connectivity index (χ0n) is 12.5. The quantitative estimate of drug-likeness (QED) is 0.889. The third kappa shape index (κ3) is 3.84. The molecule has 1 unspecified atom stereocenters. The van der Waals surface area contributed by atoms with Crippen molar-refractivity contribution in [2.24, 2.45) is 0 Å². The van der Waals surface area contributed by atoms with E-state index >= 15 is 0 Å². The summed E-state index contributed by atoms with van der Waals surface area (Å²) < 4.78 is 0. The molecule has 22 heavy (non-hydrogen) atoms. The van der Waals surface area contributed by atoms with Gasteiger partial charge in [-0.3, -0.25) is 0 Å². The van der Waals surface area contributed by atoms with Crippen molar-refractivity contribution in [3.8, 4) is 0 Å². The van der Waals surface area contributed by atoms with Gasteiger partial charge in [0.25, 0.3) is 0 Å². The van der Waals surface area contributed by atoms with Gasteiger partial charge in [0.1, 0.15) is 0 Å². The van der Waals surface area contributed by atoms with Crippen LogP contribution in [0.1, 0.15) is 37.3 Å². The van der Waals surface area contributed by atoms with Crippen LogP contribution in [0.2, 0.25) is 0 Å². The fourth-order valence-electron chi connectivity index (χ4n) is 2.88. The number of nitrogens with one attached hydrogen (secondary N) is 2. The van der Waals surface area contributed by atoms with E-state index in [2.05, 4.69) is 20.8 Å². The molecule has 1 aromatic heterocycles. The Morgan fingerprint density at radius 3 is 2.55 bits per heavy atom. The maximum absolute atomic E-state index is 12.2. The van der Waals surface area contributed by atoms with E-state index in [0.29, 0.717) is 12.6 Å². The van der Waals surface area contributed by atoms with Crippen molar-refractivity contribution in [2.75, 3.05) is 0 Å². The highest BCUT2D eigenvalue weighted by atomic mass is 16.2. The topological polar surface area (TPSA) is 71.8 Å². The van der Waals surface area contributed by atoms with Crippen molar-refractivity contribution < 1.29 is 4.79 Å². The Bertz CT molecular complexity index is 578. The van der Waals surface area contributed by atoms with Crippen LogP contribution in [0.5, 0.6) is 0 Å². The molecular formula is C16H21N5O. The van der Waals surface area contributed by atoms with E-state index in [1.54, 1.807) is 17.2 Å². The molecule has 0 radical (unpaired) electrons. The lowest BCUT2D eigenvalue weighted by atomic mass is 10.1. The van der Waals surface area contributed by atoms with Crippen LogP contribution in [0.25, 0.3) is 0 Å². The SMILES string of the molecule is O=C(NC1CCCC1)NC(Cn1nccn1)c1ccccc1. The third-order valence-electron chi connectivity index (χ3n) is 4.01. The fourth-order valence-corrected chi connectivity index (χ4v) is 2.88. The van der Waals surface area contributed by atoms with Crippen molar-refractivity contribution in [3.05, 3.63) is 48.3 Å². The van der Waals surface area contributed by atoms with E-state index in [1.165, 1.54) is 12.8 Å². The molecule has 1 aliphatic carbocycles. The smallest absolute Gasteiger partial charge is 0.315 e. The summed E-state index contributed by atoms with van der Waals surface area (Å²) in [7, 11) is 0. The van der Waals surface area contributed by atoms with Crippen molar-refractivity contribution in [3.63, 3.8) is 0 Å². The van der Waals surface area contributed by atoms with E-state index in [0.717, 1.165) is 18.4 Å². The number of benzene rings is 1. The average Bonchev–Trinajstić information content (AvgIpc) is 3.21. The molecule has 0 saturated heterocycles. The van der Waals surface area contributed by atoms with Gasteiger partial charge in [-0.25, -0.2) is 4.79 Å². The first-order chi connectivity index (χ1) is 10.8. The highest BCUT2D eigenvalue weighted by molar-refractivity contribution is 5.74. The Morgan fingerprint density at radius 1 is 1.18 bits per heavy atom. The zero-order valence-corrected chi connectivity index (χ0v) is 12.5. The summed E-state index contributed by atoms with van der Waals surface area (Å²) in [5.74, 6) is 0. The van der Waals surface area contributed by atoms with Crippen LogP contribution in [0, 0.1) is 0 Å². The number of aromatic nitrogens is 3. The van der Waals surface area contributed by atoms with Gasteiger partial charge in [0.05, 0.1) is 25.0 Å². The van der Waals surface area contributed by atoms with Crippen LogP contribution < -0.4 is 10.6 Å². The minimum Gasteiger partial charge on any atom is -0.335 e. The number of rotatable bonds is 5. The molecule has 6 nitrogen and oxygen atoms in total. The molecule has 1 fully saturated rings. The van der Waals surface area contributed by atoms with Crippen molar-refractivity contribution in [1.82, 2.24) is 25.6 Å². The lowest BCUT2D eigenvalue weighted by Gasteiger charge is -2.21. The van der Waals surface area contributed by atoms with Crippen molar-refractivity contribution in [2.45, 2.75) is 44.3 Å². The standard InChI is InChI=1S/C16H21N5O/c22-16(19-14-8-4-5-9-14)20-15(12-21-17-10-11-18-21)13-6-2-1-3-7-13/h1-3,6-7,10-11,14-15H,4-5,8-9,12H2,(H2,19,20,22). The van der Waals surface area contributed by atoms with E-state index in [1.807, 2.05) is 30.3 Å². The van der Waals surface area contributed by atoms with E-state index in [4.69, 9.17) is 0 Å². The van der Waals surface area contributed by atoms with Crippen LogP contribution in [-0.2, 0) is 6.54 Å². The van der Waals surface area contributed by atoms with Gasteiger partial charge in [-0.2, -0.15) is 15.0 Å². The van der Waals surface area contributed by atoms with E-state index in [9.17, 15) is 4.79 Å². The molecule has 0 spiro atoms. The Morgan fingerprint density at radius 2 is 1.86 bits per heavy atom. The molecule has 6 heteroatoms. The number of carbonyl (C=O) groups excluding carboxylic acids is 1. The summed E-state index contributed by atoms with van der Waals surface area (Å²) in [6, 6.07) is 9.94. The van der Waals surface area contributed by atoms with Crippen molar-refractivity contribution >= 4 is 6.03 Å². The maximum atomic E-state index is 12.2. The van der Waals surface area contributed by atoms with Crippen LogP contribution >= 0.6 is 0 Å². The van der Waals surface area contributed by atoms with Crippen LogP contribution in [0.3, 0.4) is 0 Å². The van der Waals surface area contributed by atoms with Crippen molar-refractivity contribution in [1.29, 1.82) is 0 Å². The third-order valence-corrected chi connectivity index (χ3v) is 4.01. The first kappa shape index (κ1) is 14.6. The molecule has 1 heterocycles. The maximum Gasteiger partial charge on any atom is 0.315 e. The molecule has 1 aliphatic rings. The Hall–Kier alpha value is -2.37. The van der Waals surface area contributed by atoms with Gasteiger partial charge in [-0.15, -0.1) is 0 Å². The zero-order chi connectivity index (χ0) is 15.2. The average molecular weight is 299 g/mol. The summed E-state index contributed by atoms with van der Waals surface area (Å²) in [5.41, 5.74) is 1.04. The first-order valence-corrected chi connectivity index (χ1v) is 7.77. The molecule has 2 aromatic rings. The molecule has 1 aromatic carbocycles. The van der Waals surface area contributed by atoms with E-state index in [-0.39, 0.29) is 12.1 Å². The molecule has 0 bridgehead atoms. The summed E-state index contributed by atoms with van der Waals surface area (Å²) in [5, 5.41) is 14.4. The highest BCUT2D eigenvalue weighted by Gasteiger charge is 2.20. The lowest BCUT2D eigenvalue weighted by Crippen LogP contribution is -2.43. The predicted molar refractivity (Wildman–Crippen MR) is 83.1 cm³/mol. The van der Waals surface area contributed by atoms with Crippen LogP contribution in [-0.4, -0.2) is 27.1 Å². The molecule has 0 aliphatic heterocycles. The Kier molecular flexibility index (Phi) is 4.68. The van der Waals surface area contributed by atoms with Gasteiger partial charge in [0.15, 0.2) is 0 Å². The molecule has 1 atom stereocenters. The minimum atomic E-state index is -0.157. The summed E-state index contributed by atoms with van der Waals surface area (Å²) in [6.07, 6.45) is 7.82. The van der Waals surface area contributed by atoms with Gasteiger partial charge >= 0.3 is 6.03 Å². The van der Waals surface area contributed by atoms with Crippen LogP contribution in [0.4, 0.5) is 4.79 Å². The number of hydrogen-bond donors (Lipinski definition) is 2. The first-order valence-electron chi connectivity index (χ1n) is 7.77. The van der Waals surface area contributed by atoms with Crippen LogP contribution in [0.15, 0.2) is 42.7 Å². The number of nitrogens with zero attached hydrogens (tertiary/aromatic N) is 3. The Labute approximate surface area is 129 Å². The van der Waals surface area contributed by atoms with Gasteiger partial charge in [-0.05, 0) is 18.4 Å². The second-order valence-electron chi connectivity index (χ2n) is 5.65. The van der Waals surface area contributed by atoms with Gasteiger partial charge in [0, 0.05) is 6.04 Å². The molecule has 116 valence electrons. The highest BCUT2D eigenvalue weighted by Crippen LogP contribution is 2.18. The molecule has 2 N–H and O–H groups in total. The summed E-state index contributed by atoms with van der Waals surface area (Å²) >= 11 is 0.